The fraction of sp³-hybridized carbons (Fsp3) is 0.812. The Kier molecular flexibility index (Phi) is 7.70. The second-order valence-corrected chi connectivity index (χ2v) is 8.75. The molecule has 7 heteroatoms. The summed E-state index contributed by atoms with van der Waals surface area (Å²) < 4.78 is 25.4. The molecule has 1 fully saturated rings. The van der Waals surface area contributed by atoms with E-state index >= 15 is 0 Å². The highest BCUT2D eigenvalue weighted by atomic mass is 32.2. The molecule has 1 atom stereocenters. The van der Waals surface area contributed by atoms with E-state index in [9.17, 15) is 13.2 Å². The lowest BCUT2D eigenvalue weighted by molar-refractivity contribution is -0.127. The smallest absolute Gasteiger partial charge is 0.246 e. The van der Waals surface area contributed by atoms with Crippen LogP contribution in [0.15, 0.2) is 12.2 Å². The third kappa shape index (κ3) is 5.90. The van der Waals surface area contributed by atoms with E-state index < -0.39 is 10.0 Å². The average Bonchev–Trinajstić information content (AvgIpc) is 2.53. The van der Waals surface area contributed by atoms with Crippen LogP contribution in [0.5, 0.6) is 0 Å². The zero-order valence-corrected chi connectivity index (χ0v) is 15.8. The van der Waals surface area contributed by atoms with Gasteiger partial charge in [-0.15, -0.1) is 0 Å². The van der Waals surface area contributed by atoms with Crippen molar-refractivity contribution in [1.82, 2.24) is 14.1 Å². The van der Waals surface area contributed by atoms with Crippen LogP contribution < -0.4 is 0 Å². The Balaban J connectivity index is 2.54. The number of rotatable bonds is 7. The Morgan fingerprint density at radius 3 is 2.30 bits per heavy atom. The van der Waals surface area contributed by atoms with Crippen molar-refractivity contribution in [2.24, 2.45) is 5.92 Å². The van der Waals surface area contributed by atoms with Gasteiger partial charge in [-0.3, -0.25) is 4.79 Å². The number of piperidine rings is 1. The SMILES string of the molecule is CCS(=O)(=O)N1CCC(C(C)N(C)C(=O)/C=C/CN(C)C)CC1. The first-order valence-electron chi connectivity index (χ1n) is 8.25. The van der Waals surface area contributed by atoms with Gasteiger partial charge >= 0.3 is 0 Å². The largest absolute Gasteiger partial charge is 0.339 e. The van der Waals surface area contributed by atoms with E-state index in [1.165, 1.54) is 0 Å². The third-order valence-electron chi connectivity index (χ3n) is 4.63. The van der Waals surface area contributed by atoms with Crippen molar-refractivity contribution < 1.29 is 13.2 Å². The highest BCUT2D eigenvalue weighted by Gasteiger charge is 2.31. The number of hydrogen-bond acceptors (Lipinski definition) is 4. The van der Waals surface area contributed by atoms with Crippen molar-refractivity contribution in [2.45, 2.75) is 32.7 Å². The Morgan fingerprint density at radius 1 is 1.26 bits per heavy atom. The lowest BCUT2D eigenvalue weighted by atomic mass is 9.90. The summed E-state index contributed by atoms with van der Waals surface area (Å²) in [5, 5.41) is 0. The number of carbonyl (C=O) groups is 1. The maximum absolute atomic E-state index is 12.2. The lowest BCUT2D eigenvalue weighted by Gasteiger charge is -2.37. The van der Waals surface area contributed by atoms with Gasteiger partial charge in [0.15, 0.2) is 0 Å². The van der Waals surface area contributed by atoms with Crippen LogP contribution in [0.4, 0.5) is 0 Å². The predicted octanol–water partition coefficient (Wildman–Crippen LogP) is 1.01. The normalized spacial score (nSPS) is 19.4. The first kappa shape index (κ1) is 20.1. The van der Waals surface area contributed by atoms with E-state index in [1.807, 2.05) is 39.0 Å². The van der Waals surface area contributed by atoms with Crippen LogP contribution >= 0.6 is 0 Å². The topological polar surface area (TPSA) is 60.9 Å². The number of sulfonamides is 1. The van der Waals surface area contributed by atoms with Gasteiger partial charge in [0.1, 0.15) is 0 Å². The molecule has 6 nitrogen and oxygen atoms in total. The van der Waals surface area contributed by atoms with Gasteiger partial charge in [0.2, 0.25) is 15.9 Å². The van der Waals surface area contributed by atoms with Gasteiger partial charge in [-0.05, 0) is 46.7 Å². The molecule has 1 unspecified atom stereocenters. The van der Waals surface area contributed by atoms with Crippen LogP contribution in [0.1, 0.15) is 26.7 Å². The summed E-state index contributed by atoms with van der Waals surface area (Å²) in [7, 11) is 2.65. The minimum Gasteiger partial charge on any atom is -0.339 e. The van der Waals surface area contributed by atoms with Crippen molar-refractivity contribution >= 4 is 15.9 Å². The van der Waals surface area contributed by atoms with Crippen molar-refractivity contribution in [3.63, 3.8) is 0 Å². The molecule has 0 N–H and O–H groups in total. The molecule has 134 valence electrons. The molecule has 0 bridgehead atoms. The molecular formula is C16H31N3O3S. The van der Waals surface area contributed by atoms with Crippen molar-refractivity contribution in [3.8, 4) is 0 Å². The summed E-state index contributed by atoms with van der Waals surface area (Å²) >= 11 is 0. The van der Waals surface area contributed by atoms with E-state index in [0.29, 0.717) is 19.0 Å². The van der Waals surface area contributed by atoms with Crippen molar-refractivity contribution in [1.29, 1.82) is 0 Å². The van der Waals surface area contributed by atoms with Gasteiger partial charge in [-0.2, -0.15) is 0 Å². The number of amides is 1. The molecule has 1 rings (SSSR count). The summed E-state index contributed by atoms with van der Waals surface area (Å²) in [4.78, 5) is 16.0. The molecule has 1 heterocycles. The molecule has 1 saturated heterocycles. The van der Waals surface area contributed by atoms with Gasteiger partial charge in [0.25, 0.3) is 0 Å². The fourth-order valence-electron chi connectivity index (χ4n) is 2.82. The second kappa shape index (κ2) is 8.80. The first-order valence-corrected chi connectivity index (χ1v) is 9.85. The second-order valence-electron chi connectivity index (χ2n) is 6.49. The van der Waals surface area contributed by atoms with E-state index in [-0.39, 0.29) is 17.7 Å². The highest BCUT2D eigenvalue weighted by Crippen LogP contribution is 2.25. The summed E-state index contributed by atoms with van der Waals surface area (Å²) in [5.41, 5.74) is 0. The molecule has 0 aromatic carbocycles. The first-order chi connectivity index (χ1) is 10.7. The van der Waals surface area contributed by atoms with Crippen LogP contribution in [0, 0.1) is 5.92 Å². The molecule has 1 amide bonds. The Labute approximate surface area is 141 Å². The fourth-order valence-corrected chi connectivity index (χ4v) is 3.95. The summed E-state index contributed by atoms with van der Waals surface area (Å²) in [5.74, 6) is 0.500. The quantitative estimate of drug-likeness (QED) is 0.646. The van der Waals surface area contributed by atoms with Crippen LogP contribution in [0.2, 0.25) is 0 Å². The van der Waals surface area contributed by atoms with Crippen LogP contribution in [0.3, 0.4) is 0 Å². The van der Waals surface area contributed by atoms with Crippen LogP contribution in [-0.4, -0.2) is 81.0 Å². The molecule has 0 aliphatic carbocycles. The minimum absolute atomic E-state index is 0.00274. The van der Waals surface area contributed by atoms with E-state index in [0.717, 1.165) is 19.4 Å². The van der Waals surface area contributed by atoms with Gasteiger partial charge in [0.05, 0.1) is 5.75 Å². The number of nitrogens with zero attached hydrogens (tertiary/aromatic N) is 3. The lowest BCUT2D eigenvalue weighted by Crippen LogP contribution is -2.46. The van der Waals surface area contributed by atoms with E-state index in [2.05, 4.69) is 0 Å². The Hall–Kier alpha value is -0.920. The molecule has 0 spiro atoms. The molecule has 1 aliphatic heterocycles. The molecule has 23 heavy (non-hydrogen) atoms. The number of likely N-dealkylation sites (N-methyl/N-ethyl adjacent to an activating group) is 2. The molecule has 1 aliphatic rings. The summed E-state index contributed by atoms with van der Waals surface area (Å²) in [6.07, 6.45) is 5.09. The average molecular weight is 346 g/mol. The van der Waals surface area contributed by atoms with Crippen LogP contribution in [-0.2, 0) is 14.8 Å². The standard InChI is InChI=1S/C16H31N3O3S/c1-6-23(21,22)19-12-9-15(10-13-19)14(2)18(5)16(20)8-7-11-17(3)4/h7-8,14-15H,6,9-13H2,1-5H3/b8-7+. The van der Waals surface area contributed by atoms with Crippen molar-refractivity contribution in [3.05, 3.63) is 12.2 Å². The zero-order valence-electron chi connectivity index (χ0n) is 15.0. The molecule has 0 saturated carbocycles. The minimum atomic E-state index is -3.09. The van der Waals surface area contributed by atoms with Crippen molar-refractivity contribution in [2.75, 3.05) is 46.5 Å². The van der Waals surface area contributed by atoms with Crippen LogP contribution in [0.25, 0.3) is 0 Å². The molecule has 0 radical (unpaired) electrons. The Bertz CT molecular complexity index is 509. The summed E-state index contributed by atoms with van der Waals surface area (Å²) in [6, 6.07) is 0.109. The zero-order chi connectivity index (χ0) is 17.6. The number of hydrogen-bond donors (Lipinski definition) is 0. The van der Waals surface area contributed by atoms with Gasteiger partial charge in [0, 0.05) is 38.8 Å². The summed E-state index contributed by atoms with van der Waals surface area (Å²) in [6.45, 7) is 5.58. The molecular weight excluding hydrogens is 314 g/mol. The van der Waals surface area contributed by atoms with E-state index in [1.54, 1.807) is 22.2 Å². The highest BCUT2D eigenvalue weighted by molar-refractivity contribution is 7.89. The van der Waals surface area contributed by atoms with Gasteiger partial charge < -0.3 is 9.80 Å². The Morgan fingerprint density at radius 2 is 1.83 bits per heavy atom. The van der Waals surface area contributed by atoms with Gasteiger partial charge in [-0.1, -0.05) is 6.08 Å². The molecule has 0 aromatic rings. The molecule has 0 aromatic heterocycles. The predicted molar refractivity (Wildman–Crippen MR) is 93.7 cm³/mol. The monoisotopic (exact) mass is 345 g/mol. The van der Waals surface area contributed by atoms with E-state index in [4.69, 9.17) is 0 Å². The maximum Gasteiger partial charge on any atom is 0.246 e. The number of carbonyl (C=O) groups excluding carboxylic acids is 1. The van der Waals surface area contributed by atoms with Gasteiger partial charge in [-0.25, -0.2) is 12.7 Å². The third-order valence-corrected chi connectivity index (χ3v) is 6.51. The maximum atomic E-state index is 12.2.